The van der Waals surface area contributed by atoms with Crippen LogP contribution < -0.4 is 5.32 Å². The molecule has 3 atom stereocenters. The molecule has 1 N–H and O–H groups in total. The molecule has 0 saturated carbocycles. The average molecular weight is 705 g/mol. The summed E-state index contributed by atoms with van der Waals surface area (Å²) in [5.74, 6) is -0.132. The second kappa shape index (κ2) is 13.5. The Balaban J connectivity index is 1.18. The molecule has 3 saturated heterocycles. The number of para-hydroxylation sites is 2. The predicted molar refractivity (Wildman–Crippen MR) is 187 cm³/mol. The third-order valence-electron chi connectivity index (χ3n) is 11.5. The van der Waals surface area contributed by atoms with Gasteiger partial charge in [0, 0.05) is 31.2 Å². The van der Waals surface area contributed by atoms with Gasteiger partial charge in [0.15, 0.2) is 0 Å². The zero-order valence-electron chi connectivity index (χ0n) is 27.5. The summed E-state index contributed by atoms with van der Waals surface area (Å²) in [6, 6.07) is 16.9. The number of imidazole rings is 1. The van der Waals surface area contributed by atoms with Gasteiger partial charge in [-0.2, -0.15) is 0 Å². The zero-order valence-corrected chi connectivity index (χ0v) is 29.7. The van der Waals surface area contributed by atoms with Gasteiger partial charge in [-0.3, -0.25) is 14.5 Å². The third-order valence-corrected chi connectivity index (χ3v) is 12.0. The molecule has 3 fully saturated rings. The van der Waals surface area contributed by atoms with E-state index in [1.165, 1.54) is 24.4 Å². The monoisotopic (exact) mass is 703 g/mol. The van der Waals surface area contributed by atoms with Gasteiger partial charge >= 0.3 is 0 Å². The van der Waals surface area contributed by atoms with Crippen molar-refractivity contribution in [3.05, 3.63) is 65.7 Å². The molecule has 254 valence electrons. The number of carbonyl (C=O) groups excluding carboxylic acids is 2. The number of nitrogens with zero attached hydrogens (tertiary/aromatic N) is 4. The van der Waals surface area contributed by atoms with E-state index in [0.29, 0.717) is 56.9 Å². The standard InChI is InChI=1S/C36H45Cl3FN5O2/c1-4-35(5-2,42-32(46)36(37,38)39)33(47)43-18-15-34(16-19-43,25-9-8-10-26(40)21-25)17-20-44-27-13-14-28(44)23-29(22-27)45-24(3)41-30-11-6-7-12-31(30)45/h6-12,21,27-29H,4-5,13-20,22-23H2,1-3H3,(H,42,46)/t27-,28+,29?. The minimum atomic E-state index is -2.16. The normalized spacial score (nSPS) is 23.3. The Kier molecular flexibility index (Phi) is 9.89. The van der Waals surface area contributed by atoms with Crippen molar-refractivity contribution < 1.29 is 14.0 Å². The van der Waals surface area contributed by atoms with Gasteiger partial charge in [0.2, 0.25) is 5.91 Å². The fourth-order valence-corrected chi connectivity index (χ4v) is 8.94. The second-order valence-corrected chi connectivity index (χ2v) is 16.1. The topological polar surface area (TPSA) is 70.5 Å². The van der Waals surface area contributed by atoms with Gasteiger partial charge in [0.05, 0.1) is 11.0 Å². The molecule has 1 unspecified atom stereocenters. The van der Waals surface area contributed by atoms with Gasteiger partial charge in [-0.1, -0.05) is 72.9 Å². The molecule has 7 nitrogen and oxygen atoms in total. The minimum Gasteiger partial charge on any atom is -0.341 e. The van der Waals surface area contributed by atoms with E-state index in [1.807, 2.05) is 24.8 Å². The molecule has 4 heterocycles. The summed E-state index contributed by atoms with van der Waals surface area (Å²) in [5, 5.41) is 2.75. The van der Waals surface area contributed by atoms with E-state index < -0.39 is 15.2 Å². The molecular weight excluding hydrogens is 660 g/mol. The number of aryl methyl sites for hydroxylation is 1. The molecule has 3 aliphatic rings. The van der Waals surface area contributed by atoms with E-state index in [9.17, 15) is 14.0 Å². The molecule has 3 aromatic rings. The van der Waals surface area contributed by atoms with Crippen LogP contribution in [0.25, 0.3) is 11.0 Å². The van der Waals surface area contributed by atoms with Gasteiger partial charge in [-0.25, -0.2) is 9.37 Å². The highest BCUT2D eigenvalue weighted by atomic mass is 35.6. The van der Waals surface area contributed by atoms with E-state index in [-0.39, 0.29) is 17.1 Å². The Hall–Kier alpha value is -2.39. The lowest BCUT2D eigenvalue weighted by molar-refractivity contribution is -0.143. The summed E-state index contributed by atoms with van der Waals surface area (Å²) < 4.78 is 15.0. The number of amides is 2. The van der Waals surface area contributed by atoms with E-state index in [2.05, 4.69) is 46.0 Å². The molecule has 0 aliphatic carbocycles. The quantitative estimate of drug-likeness (QED) is 0.233. The third kappa shape index (κ3) is 6.64. The van der Waals surface area contributed by atoms with Gasteiger partial charge < -0.3 is 14.8 Å². The fraction of sp³-hybridized carbons (Fsp3) is 0.583. The highest BCUT2D eigenvalue weighted by Crippen LogP contribution is 2.45. The molecule has 1 aromatic heterocycles. The second-order valence-electron chi connectivity index (χ2n) is 13.8. The number of aromatic nitrogens is 2. The molecule has 3 aliphatic heterocycles. The number of hydrogen-bond acceptors (Lipinski definition) is 4. The van der Waals surface area contributed by atoms with Crippen LogP contribution in [-0.4, -0.2) is 72.2 Å². The van der Waals surface area contributed by atoms with Crippen molar-refractivity contribution in [1.82, 2.24) is 24.7 Å². The van der Waals surface area contributed by atoms with Gasteiger partial charge in [0.25, 0.3) is 9.70 Å². The fourth-order valence-electron chi connectivity index (χ4n) is 8.80. The van der Waals surface area contributed by atoms with Crippen LogP contribution in [0.4, 0.5) is 4.39 Å². The smallest absolute Gasteiger partial charge is 0.273 e. The first kappa shape index (κ1) is 34.5. The lowest BCUT2D eigenvalue weighted by atomic mass is 9.70. The number of likely N-dealkylation sites (tertiary alicyclic amines) is 1. The summed E-state index contributed by atoms with van der Waals surface area (Å²) in [6.07, 6.45) is 7.62. The summed E-state index contributed by atoms with van der Waals surface area (Å²) in [6.45, 7) is 7.77. The highest BCUT2D eigenvalue weighted by molar-refractivity contribution is 6.76. The molecule has 11 heteroatoms. The SMILES string of the molecule is CCC(CC)(NC(=O)C(Cl)(Cl)Cl)C(=O)N1CCC(CCN2[C@@H]3CC[C@H]2CC(n2c(C)nc4ccccc42)C3)(c2cccc(F)c2)CC1. The van der Waals surface area contributed by atoms with Crippen LogP contribution in [0.1, 0.15) is 89.1 Å². The number of alkyl halides is 3. The molecule has 0 spiro atoms. The van der Waals surface area contributed by atoms with Crippen molar-refractivity contribution in [3.63, 3.8) is 0 Å². The van der Waals surface area contributed by atoms with Crippen molar-refractivity contribution in [2.24, 2.45) is 0 Å². The molecule has 2 amide bonds. The summed E-state index contributed by atoms with van der Waals surface area (Å²) in [5.41, 5.74) is 1.84. The van der Waals surface area contributed by atoms with E-state index in [4.69, 9.17) is 39.8 Å². The van der Waals surface area contributed by atoms with E-state index in [0.717, 1.165) is 42.7 Å². The van der Waals surface area contributed by atoms with Crippen LogP contribution in [0.15, 0.2) is 48.5 Å². The Labute approximate surface area is 292 Å². The molecule has 47 heavy (non-hydrogen) atoms. The predicted octanol–water partition coefficient (Wildman–Crippen LogP) is 7.65. The van der Waals surface area contributed by atoms with E-state index in [1.54, 1.807) is 12.1 Å². The number of rotatable bonds is 9. The zero-order chi connectivity index (χ0) is 33.6. The first-order chi connectivity index (χ1) is 22.4. The van der Waals surface area contributed by atoms with Crippen LogP contribution in [0, 0.1) is 12.7 Å². The Morgan fingerprint density at radius 1 is 0.979 bits per heavy atom. The van der Waals surface area contributed by atoms with Crippen molar-refractivity contribution in [3.8, 4) is 0 Å². The number of piperidine rings is 2. The maximum absolute atomic E-state index is 14.7. The highest BCUT2D eigenvalue weighted by Gasteiger charge is 2.47. The van der Waals surface area contributed by atoms with Crippen LogP contribution in [-0.2, 0) is 15.0 Å². The molecule has 0 radical (unpaired) electrons. The van der Waals surface area contributed by atoms with E-state index >= 15 is 0 Å². The minimum absolute atomic E-state index is 0.166. The van der Waals surface area contributed by atoms with Gasteiger partial charge in [-0.15, -0.1) is 0 Å². The Morgan fingerprint density at radius 3 is 2.26 bits per heavy atom. The number of benzene rings is 2. The van der Waals surface area contributed by atoms with Crippen LogP contribution in [0.5, 0.6) is 0 Å². The van der Waals surface area contributed by atoms with Gasteiger partial charge in [0.1, 0.15) is 17.2 Å². The maximum atomic E-state index is 14.7. The van der Waals surface area contributed by atoms with Crippen molar-refractivity contribution in [2.45, 2.75) is 111 Å². The number of carbonyl (C=O) groups is 2. The molecule has 2 aromatic carbocycles. The summed E-state index contributed by atoms with van der Waals surface area (Å²) in [4.78, 5) is 36.0. The maximum Gasteiger partial charge on any atom is 0.273 e. The molecule has 2 bridgehead atoms. The van der Waals surface area contributed by atoms with Crippen LogP contribution in [0.2, 0.25) is 0 Å². The Morgan fingerprint density at radius 2 is 1.64 bits per heavy atom. The van der Waals surface area contributed by atoms with Crippen LogP contribution in [0.3, 0.4) is 0 Å². The van der Waals surface area contributed by atoms with Crippen LogP contribution >= 0.6 is 34.8 Å². The number of nitrogens with one attached hydrogen (secondary N) is 1. The van der Waals surface area contributed by atoms with Crippen molar-refractivity contribution in [2.75, 3.05) is 19.6 Å². The number of fused-ring (bicyclic) bond motifs is 3. The average Bonchev–Trinajstić information content (AvgIpc) is 3.52. The molecular formula is C36H45Cl3FN5O2. The number of halogens is 4. The Bertz CT molecular complexity index is 1600. The summed E-state index contributed by atoms with van der Waals surface area (Å²) in [7, 11) is 0. The lowest BCUT2D eigenvalue weighted by Crippen LogP contribution is -2.62. The van der Waals surface area contributed by atoms with Crippen molar-refractivity contribution >= 4 is 57.7 Å². The first-order valence-electron chi connectivity index (χ1n) is 17.0. The number of hydrogen-bond donors (Lipinski definition) is 1. The molecule has 6 rings (SSSR count). The summed E-state index contributed by atoms with van der Waals surface area (Å²) >= 11 is 17.6. The van der Waals surface area contributed by atoms with Crippen molar-refractivity contribution in [1.29, 1.82) is 0 Å². The first-order valence-corrected chi connectivity index (χ1v) is 18.2. The lowest BCUT2D eigenvalue weighted by Gasteiger charge is -2.47. The van der Waals surface area contributed by atoms with Gasteiger partial charge in [-0.05, 0) is 106 Å². The largest absolute Gasteiger partial charge is 0.341 e.